The maximum absolute atomic E-state index is 15.1. The van der Waals surface area contributed by atoms with Gasteiger partial charge in [0.2, 0.25) is 0 Å². The van der Waals surface area contributed by atoms with Crippen LogP contribution >= 0.6 is 0 Å². The van der Waals surface area contributed by atoms with Gasteiger partial charge in [0.1, 0.15) is 23.1 Å². The lowest BCUT2D eigenvalue weighted by Crippen LogP contribution is -2.38. The molecule has 5 rings (SSSR count). The Bertz CT molecular complexity index is 1280. The number of amides is 1. The quantitative estimate of drug-likeness (QED) is 0.469. The van der Waals surface area contributed by atoms with Crippen molar-refractivity contribution in [3.8, 4) is 11.3 Å². The van der Waals surface area contributed by atoms with Gasteiger partial charge >= 0.3 is 0 Å². The Morgan fingerprint density at radius 1 is 1.13 bits per heavy atom. The summed E-state index contributed by atoms with van der Waals surface area (Å²) in [5.74, 6) is -0.365. The van der Waals surface area contributed by atoms with Crippen LogP contribution in [0.25, 0.3) is 22.2 Å². The van der Waals surface area contributed by atoms with E-state index in [0.29, 0.717) is 16.9 Å². The van der Waals surface area contributed by atoms with E-state index in [2.05, 4.69) is 20.4 Å². The van der Waals surface area contributed by atoms with Gasteiger partial charge in [-0.2, -0.15) is 5.10 Å². The normalized spacial score (nSPS) is 18.0. The molecule has 1 fully saturated rings. The first-order chi connectivity index (χ1) is 15.0. The Kier molecular flexibility index (Phi) is 4.59. The Balaban J connectivity index is 1.53. The summed E-state index contributed by atoms with van der Waals surface area (Å²) in [5.41, 5.74) is 13.7. The third-order valence-electron chi connectivity index (χ3n) is 5.54. The van der Waals surface area contributed by atoms with Crippen LogP contribution in [0.4, 0.5) is 16.0 Å². The summed E-state index contributed by atoms with van der Waals surface area (Å²) in [6, 6.07) is 11.5. The number of nitrogens with two attached hydrogens (primary N) is 2. The van der Waals surface area contributed by atoms with Gasteiger partial charge in [-0.25, -0.2) is 14.4 Å². The van der Waals surface area contributed by atoms with Gasteiger partial charge in [0.05, 0.1) is 16.9 Å². The number of nitrogens with one attached hydrogen (secondary N) is 1. The van der Waals surface area contributed by atoms with Crippen molar-refractivity contribution in [1.29, 1.82) is 0 Å². The zero-order chi connectivity index (χ0) is 21.5. The smallest absolute Gasteiger partial charge is 0.256 e. The van der Waals surface area contributed by atoms with E-state index < -0.39 is 11.7 Å². The molecule has 0 spiro atoms. The van der Waals surface area contributed by atoms with E-state index in [4.69, 9.17) is 11.5 Å². The number of aromatic nitrogens is 4. The van der Waals surface area contributed by atoms with E-state index >= 15 is 4.39 Å². The summed E-state index contributed by atoms with van der Waals surface area (Å²) in [7, 11) is 0. The van der Waals surface area contributed by atoms with Gasteiger partial charge in [0.15, 0.2) is 0 Å². The molecule has 1 aromatic carbocycles. The summed E-state index contributed by atoms with van der Waals surface area (Å²) < 4.78 is 17.0. The fourth-order valence-electron chi connectivity index (χ4n) is 3.88. The van der Waals surface area contributed by atoms with Crippen molar-refractivity contribution in [3.05, 3.63) is 66.2 Å². The molecule has 0 aliphatic heterocycles. The summed E-state index contributed by atoms with van der Waals surface area (Å²) in [5, 5.41) is 7.90. The number of anilines is 2. The molecular weight excluding hydrogens is 397 g/mol. The molecule has 1 aliphatic carbocycles. The molecule has 31 heavy (non-hydrogen) atoms. The number of halogens is 1. The van der Waals surface area contributed by atoms with Crippen molar-refractivity contribution in [3.63, 3.8) is 0 Å². The van der Waals surface area contributed by atoms with Crippen LogP contribution in [-0.2, 0) is 0 Å². The third-order valence-corrected chi connectivity index (χ3v) is 5.54. The largest absolute Gasteiger partial charge is 0.383 e. The van der Waals surface area contributed by atoms with E-state index in [1.807, 2.05) is 10.7 Å². The number of nitrogen functional groups attached to an aromatic ring is 1. The molecule has 156 valence electrons. The average molecular weight is 417 g/mol. The fraction of sp³-hybridized carbons (Fsp3) is 0.182. The number of rotatable bonds is 4. The number of nitrogens with zero attached hydrogens (tertiary/aromatic N) is 4. The van der Waals surface area contributed by atoms with E-state index in [-0.39, 0.29) is 29.0 Å². The van der Waals surface area contributed by atoms with Crippen molar-refractivity contribution in [2.75, 3.05) is 11.1 Å². The zero-order valence-electron chi connectivity index (χ0n) is 16.5. The Hall–Kier alpha value is -3.85. The predicted molar refractivity (Wildman–Crippen MR) is 116 cm³/mol. The van der Waals surface area contributed by atoms with Crippen molar-refractivity contribution in [2.45, 2.75) is 24.9 Å². The second kappa shape index (κ2) is 7.44. The molecule has 1 amide bonds. The maximum atomic E-state index is 15.1. The highest BCUT2D eigenvalue weighted by atomic mass is 19.1. The fourth-order valence-corrected chi connectivity index (χ4v) is 3.88. The topological polar surface area (TPSA) is 125 Å². The van der Waals surface area contributed by atoms with Crippen LogP contribution in [0, 0.1) is 5.82 Å². The van der Waals surface area contributed by atoms with Gasteiger partial charge in [-0.15, -0.1) is 0 Å². The van der Waals surface area contributed by atoms with Gasteiger partial charge in [0.25, 0.3) is 5.91 Å². The lowest BCUT2D eigenvalue weighted by atomic mass is 9.88. The van der Waals surface area contributed by atoms with Gasteiger partial charge in [-0.05, 0) is 49.2 Å². The Labute approximate surface area is 177 Å². The Morgan fingerprint density at radius 2 is 1.97 bits per heavy atom. The van der Waals surface area contributed by atoms with Crippen LogP contribution in [0.2, 0.25) is 0 Å². The van der Waals surface area contributed by atoms with Crippen LogP contribution in [0.3, 0.4) is 0 Å². The molecule has 0 bridgehead atoms. The highest BCUT2D eigenvalue weighted by molar-refractivity contribution is 6.05. The lowest BCUT2D eigenvalue weighted by molar-refractivity contribution is 0.102. The van der Waals surface area contributed by atoms with Crippen molar-refractivity contribution >= 4 is 28.4 Å². The van der Waals surface area contributed by atoms with Crippen molar-refractivity contribution in [2.24, 2.45) is 5.73 Å². The van der Waals surface area contributed by atoms with Crippen LogP contribution in [-0.4, -0.2) is 31.7 Å². The van der Waals surface area contributed by atoms with E-state index in [0.717, 1.165) is 18.4 Å². The van der Waals surface area contributed by atoms with Gasteiger partial charge < -0.3 is 16.8 Å². The average Bonchev–Trinajstić information content (AvgIpc) is 3.12. The van der Waals surface area contributed by atoms with Gasteiger partial charge in [-0.1, -0.05) is 6.07 Å². The number of fused-ring (bicyclic) bond motifs is 1. The zero-order valence-corrected chi connectivity index (χ0v) is 16.5. The minimum absolute atomic E-state index is 0.138. The van der Waals surface area contributed by atoms with Crippen molar-refractivity contribution < 1.29 is 9.18 Å². The third kappa shape index (κ3) is 3.38. The van der Waals surface area contributed by atoms with E-state index in [9.17, 15) is 4.79 Å². The summed E-state index contributed by atoms with van der Waals surface area (Å²) in [6.07, 6.45) is 4.77. The molecule has 0 radical (unpaired) electrons. The first kappa shape index (κ1) is 19.1. The first-order valence-electron chi connectivity index (χ1n) is 9.92. The standard InChI is InChI=1S/C22H20FN7O/c23-16-9-12(22(31)28-18-3-1-2-7-26-18)4-5-15(16)20-19-17(6-8-27-21(19)25)30(29-20)14-10-13(24)11-14/h1-9,13-14H,10-11,24H2,(H2,25,27)(H,26,28,31). The number of carbonyl (C=O) groups excluding carboxylic acids is 1. The molecule has 0 atom stereocenters. The van der Waals surface area contributed by atoms with E-state index in [1.165, 1.54) is 12.1 Å². The molecule has 0 unspecified atom stereocenters. The van der Waals surface area contributed by atoms with Crippen molar-refractivity contribution in [1.82, 2.24) is 19.7 Å². The minimum atomic E-state index is -0.575. The second-order valence-electron chi connectivity index (χ2n) is 7.63. The summed E-state index contributed by atoms with van der Waals surface area (Å²) >= 11 is 0. The number of pyridine rings is 2. The highest BCUT2D eigenvalue weighted by Gasteiger charge is 2.31. The van der Waals surface area contributed by atoms with Crippen LogP contribution < -0.4 is 16.8 Å². The van der Waals surface area contributed by atoms with E-state index in [1.54, 1.807) is 36.7 Å². The Morgan fingerprint density at radius 3 is 2.68 bits per heavy atom. The molecule has 1 aliphatic rings. The first-order valence-corrected chi connectivity index (χ1v) is 9.92. The molecule has 1 saturated carbocycles. The van der Waals surface area contributed by atoms with Gasteiger partial charge in [0, 0.05) is 29.6 Å². The molecule has 0 saturated heterocycles. The monoisotopic (exact) mass is 417 g/mol. The summed E-state index contributed by atoms with van der Waals surface area (Å²) in [4.78, 5) is 20.7. The number of benzene rings is 1. The molecule has 5 N–H and O–H groups in total. The van der Waals surface area contributed by atoms with Crippen LogP contribution in [0.15, 0.2) is 54.9 Å². The molecule has 8 nitrogen and oxygen atoms in total. The predicted octanol–water partition coefficient (Wildman–Crippen LogP) is 3.13. The lowest BCUT2D eigenvalue weighted by Gasteiger charge is -2.32. The summed E-state index contributed by atoms with van der Waals surface area (Å²) in [6.45, 7) is 0. The van der Waals surface area contributed by atoms with Crippen LogP contribution in [0.5, 0.6) is 0 Å². The maximum Gasteiger partial charge on any atom is 0.256 e. The molecule has 4 aromatic rings. The number of hydrogen-bond donors (Lipinski definition) is 3. The van der Waals surface area contributed by atoms with Gasteiger partial charge in [-0.3, -0.25) is 9.48 Å². The minimum Gasteiger partial charge on any atom is -0.383 e. The molecule has 3 aromatic heterocycles. The highest BCUT2D eigenvalue weighted by Crippen LogP contribution is 2.38. The van der Waals surface area contributed by atoms with Crippen LogP contribution in [0.1, 0.15) is 29.2 Å². The second-order valence-corrected chi connectivity index (χ2v) is 7.63. The number of carbonyl (C=O) groups is 1. The number of hydrogen-bond acceptors (Lipinski definition) is 6. The molecule has 9 heteroatoms. The SMILES string of the molecule is Nc1nccc2c1c(-c1ccc(C(=O)Nc3ccccn3)cc1F)nn2C1CC(N)C1. The molecular formula is C22H20FN7O. The molecule has 3 heterocycles.